The number of carbonyl (C=O) groups is 1. The van der Waals surface area contributed by atoms with E-state index in [1.54, 1.807) is 24.5 Å². The van der Waals surface area contributed by atoms with Gasteiger partial charge in [-0.15, -0.1) is 0 Å². The van der Waals surface area contributed by atoms with Crippen molar-refractivity contribution in [3.63, 3.8) is 0 Å². The number of nitro groups is 1. The first-order valence-electron chi connectivity index (χ1n) is 7.01. The maximum atomic E-state index is 11.9. The molecule has 0 aliphatic carbocycles. The maximum Gasteiger partial charge on any atom is 0.319 e. The molecular weight excluding hydrogens is 302 g/mol. The molecule has 0 aliphatic heterocycles. The summed E-state index contributed by atoms with van der Waals surface area (Å²) >= 11 is 0. The maximum absolute atomic E-state index is 11.9. The molecule has 0 fully saturated rings. The number of nitrogens with one attached hydrogen (secondary N) is 2. The second-order valence-electron chi connectivity index (χ2n) is 4.94. The predicted molar refractivity (Wildman–Crippen MR) is 83.1 cm³/mol. The standard InChI is InChI=1S/C15H17N3O5/c19-10-11(8-12-4-3-7-23-12)9-16-15(20)17-13-5-1-2-6-14(13)18(21)22/h1-7,11,19H,8-10H2,(H2,16,17,20). The fraction of sp³-hybridized carbons (Fsp3) is 0.267. The number of benzene rings is 1. The first kappa shape index (κ1) is 16.5. The van der Waals surface area contributed by atoms with E-state index in [2.05, 4.69) is 10.6 Å². The van der Waals surface area contributed by atoms with Gasteiger partial charge in [-0.25, -0.2) is 4.79 Å². The topological polar surface area (TPSA) is 118 Å². The van der Waals surface area contributed by atoms with E-state index < -0.39 is 11.0 Å². The smallest absolute Gasteiger partial charge is 0.319 e. The molecule has 0 saturated heterocycles. The number of urea groups is 1. The molecule has 2 amide bonds. The van der Waals surface area contributed by atoms with Crippen LogP contribution >= 0.6 is 0 Å². The highest BCUT2D eigenvalue weighted by atomic mass is 16.6. The van der Waals surface area contributed by atoms with Gasteiger partial charge in [0.25, 0.3) is 5.69 Å². The summed E-state index contributed by atoms with van der Waals surface area (Å²) in [5.41, 5.74) is -0.0708. The van der Waals surface area contributed by atoms with Gasteiger partial charge in [0.15, 0.2) is 0 Å². The zero-order valence-electron chi connectivity index (χ0n) is 12.3. The lowest BCUT2D eigenvalue weighted by atomic mass is 10.1. The summed E-state index contributed by atoms with van der Waals surface area (Å²) in [6, 6.07) is 8.83. The normalized spacial score (nSPS) is 11.7. The van der Waals surface area contributed by atoms with Gasteiger partial charge < -0.3 is 20.2 Å². The Labute approximate surface area is 132 Å². The molecule has 8 heteroatoms. The van der Waals surface area contributed by atoms with Gasteiger partial charge >= 0.3 is 6.03 Å². The molecule has 0 bridgehead atoms. The minimum absolute atomic E-state index is 0.113. The Balaban J connectivity index is 1.88. The SMILES string of the molecule is O=C(NCC(CO)Cc1ccco1)Nc1ccccc1[N+](=O)[O-]. The molecule has 1 heterocycles. The first-order chi connectivity index (χ1) is 11.1. The number of furan rings is 1. The van der Waals surface area contributed by atoms with Crippen LogP contribution in [0.4, 0.5) is 16.2 Å². The van der Waals surface area contributed by atoms with Crippen LogP contribution < -0.4 is 10.6 Å². The molecule has 0 aliphatic rings. The average Bonchev–Trinajstić information content (AvgIpc) is 3.04. The summed E-state index contributed by atoms with van der Waals surface area (Å²) in [7, 11) is 0. The Morgan fingerprint density at radius 1 is 1.30 bits per heavy atom. The third kappa shape index (κ3) is 4.82. The van der Waals surface area contributed by atoms with Crippen LogP contribution in [0.1, 0.15) is 5.76 Å². The molecule has 8 nitrogen and oxygen atoms in total. The molecule has 0 radical (unpaired) electrons. The summed E-state index contributed by atoms with van der Waals surface area (Å²) in [6.45, 7) is 0.0934. The summed E-state index contributed by atoms with van der Waals surface area (Å²) in [5, 5.41) is 25.2. The van der Waals surface area contributed by atoms with Gasteiger partial charge in [0.05, 0.1) is 11.2 Å². The number of nitrogens with zero attached hydrogens (tertiary/aromatic N) is 1. The Morgan fingerprint density at radius 2 is 2.09 bits per heavy atom. The Morgan fingerprint density at radius 3 is 2.74 bits per heavy atom. The van der Waals surface area contributed by atoms with E-state index in [-0.39, 0.29) is 30.4 Å². The molecule has 2 rings (SSSR count). The zero-order chi connectivity index (χ0) is 16.7. The van der Waals surface area contributed by atoms with Gasteiger partial charge in [-0.3, -0.25) is 10.1 Å². The van der Waals surface area contributed by atoms with E-state index >= 15 is 0 Å². The lowest BCUT2D eigenvalue weighted by molar-refractivity contribution is -0.383. The number of amides is 2. The van der Waals surface area contributed by atoms with Crippen LogP contribution in [0.25, 0.3) is 0 Å². The number of anilines is 1. The van der Waals surface area contributed by atoms with Crippen molar-refractivity contribution in [2.45, 2.75) is 6.42 Å². The molecule has 3 N–H and O–H groups in total. The van der Waals surface area contributed by atoms with Gasteiger partial charge in [0, 0.05) is 31.6 Å². The number of aliphatic hydroxyl groups excluding tert-OH is 1. The van der Waals surface area contributed by atoms with Crippen LogP contribution in [0, 0.1) is 16.0 Å². The third-order valence-corrected chi connectivity index (χ3v) is 3.23. The van der Waals surface area contributed by atoms with Crippen molar-refractivity contribution >= 4 is 17.4 Å². The zero-order valence-corrected chi connectivity index (χ0v) is 12.3. The van der Waals surface area contributed by atoms with Crippen molar-refractivity contribution in [3.8, 4) is 0 Å². The molecule has 1 unspecified atom stereocenters. The highest BCUT2D eigenvalue weighted by molar-refractivity contribution is 5.91. The fourth-order valence-electron chi connectivity index (χ4n) is 2.06. The summed E-state index contributed by atoms with van der Waals surface area (Å²) in [6.07, 6.45) is 2.02. The Bertz CT molecular complexity index is 657. The predicted octanol–water partition coefficient (Wildman–Crippen LogP) is 2.16. The molecular formula is C15H17N3O5. The minimum Gasteiger partial charge on any atom is -0.469 e. The Kier molecular flexibility index (Phi) is 5.70. The molecule has 1 aromatic carbocycles. The summed E-state index contributed by atoms with van der Waals surface area (Å²) < 4.78 is 5.20. The second kappa shape index (κ2) is 7.95. The van der Waals surface area contributed by atoms with E-state index in [1.165, 1.54) is 18.2 Å². The van der Waals surface area contributed by atoms with Crippen molar-refractivity contribution in [2.75, 3.05) is 18.5 Å². The number of rotatable bonds is 7. The van der Waals surface area contributed by atoms with E-state index in [1.807, 2.05) is 0 Å². The molecule has 122 valence electrons. The third-order valence-electron chi connectivity index (χ3n) is 3.23. The molecule has 23 heavy (non-hydrogen) atoms. The van der Waals surface area contributed by atoms with Crippen molar-refractivity contribution in [2.24, 2.45) is 5.92 Å². The monoisotopic (exact) mass is 319 g/mol. The van der Waals surface area contributed by atoms with Gasteiger partial charge in [-0.1, -0.05) is 12.1 Å². The molecule has 1 aromatic heterocycles. The number of aliphatic hydroxyl groups is 1. The highest BCUT2D eigenvalue weighted by Gasteiger charge is 2.16. The van der Waals surface area contributed by atoms with E-state index in [4.69, 9.17) is 4.42 Å². The van der Waals surface area contributed by atoms with Gasteiger partial charge in [-0.05, 0) is 18.2 Å². The van der Waals surface area contributed by atoms with Crippen LogP contribution in [0.5, 0.6) is 0 Å². The molecule has 0 spiro atoms. The van der Waals surface area contributed by atoms with Crippen molar-refractivity contribution in [1.29, 1.82) is 0 Å². The number of nitro benzene ring substituents is 1. The largest absolute Gasteiger partial charge is 0.469 e. The van der Waals surface area contributed by atoms with Crippen LogP contribution in [0.3, 0.4) is 0 Å². The van der Waals surface area contributed by atoms with E-state index in [9.17, 15) is 20.0 Å². The van der Waals surface area contributed by atoms with Crippen LogP contribution in [-0.2, 0) is 6.42 Å². The number of para-hydroxylation sites is 2. The van der Waals surface area contributed by atoms with Gasteiger partial charge in [0.1, 0.15) is 11.4 Å². The van der Waals surface area contributed by atoms with Gasteiger partial charge in [-0.2, -0.15) is 0 Å². The van der Waals surface area contributed by atoms with Crippen LogP contribution in [-0.4, -0.2) is 29.2 Å². The quantitative estimate of drug-likeness (QED) is 0.534. The second-order valence-corrected chi connectivity index (χ2v) is 4.94. The molecule has 0 saturated carbocycles. The van der Waals surface area contributed by atoms with Crippen molar-refractivity contribution in [1.82, 2.24) is 5.32 Å². The average molecular weight is 319 g/mol. The van der Waals surface area contributed by atoms with Crippen LogP contribution in [0.2, 0.25) is 0 Å². The molecule has 2 aromatic rings. The fourth-order valence-corrected chi connectivity index (χ4v) is 2.06. The summed E-state index contributed by atoms with van der Waals surface area (Å²) in [5.74, 6) is 0.502. The van der Waals surface area contributed by atoms with Crippen LogP contribution in [0.15, 0.2) is 47.1 Å². The van der Waals surface area contributed by atoms with Gasteiger partial charge in [0.2, 0.25) is 0 Å². The van der Waals surface area contributed by atoms with Crippen molar-refractivity contribution in [3.05, 3.63) is 58.5 Å². The Hall–Kier alpha value is -2.87. The van der Waals surface area contributed by atoms with Crippen molar-refractivity contribution < 1.29 is 19.2 Å². The number of hydrogen-bond acceptors (Lipinski definition) is 5. The van der Waals surface area contributed by atoms with E-state index in [0.717, 1.165) is 0 Å². The number of hydrogen-bond donors (Lipinski definition) is 3. The number of carbonyl (C=O) groups excluding carboxylic acids is 1. The molecule has 1 atom stereocenters. The lowest BCUT2D eigenvalue weighted by Gasteiger charge is -2.14. The highest BCUT2D eigenvalue weighted by Crippen LogP contribution is 2.22. The minimum atomic E-state index is -0.572. The summed E-state index contributed by atoms with van der Waals surface area (Å²) in [4.78, 5) is 22.2. The van der Waals surface area contributed by atoms with E-state index in [0.29, 0.717) is 12.2 Å². The first-order valence-corrected chi connectivity index (χ1v) is 7.01. The lowest BCUT2D eigenvalue weighted by Crippen LogP contribution is -2.35.